The highest BCUT2D eigenvalue weighted by atomic mass is 16.5. The first kappa shape index (κ1) is 18.5. The molecule has 1 heterocycles. The van der Waals surface area contributed by atoms with Gasteiger partial charge in [0.1, 0.15) is 5.75 Å². The molecule has 24 heavy (non-hydrogen) atoms. The summed E-state index contributed by atoms with van der Waals surface area (Å²) in [4.78, 5) is 28.6. The molecule has 0 unspecified atom stereocenters. The van der Waals surface area contributed by atoms with E-state index < -0.39 is 0 Å². The summed E-state index contributed by atoms with van der Waals surface area (Å²) in [5, 5.41) is 0. The maximum atomic E-state index is 12.5. The SMILES string of the molecule is COc1cccc(CC(=O)N2CCN(CC(=O)C(C)(C)C)CC2)c1. The van der Waals surface area contributed by atoms with Crippen molar-refractivity contribution < 1.29 is 14.3 Å². The maximum Gasteiger partial charge on any atom is 0.227 e. The molecule has 0 N–H and O–H groups in total. The van der Waals surface area contributed by atoms with Gasteiger partial charge in [0.25, 0.3) is 0 Å². The van der Waals surface area contributed by atoms with Crippen molar-refractivity contribution >= 4 is 11.7 Å². The number of ketones is 1. The van der Waals surface area contributed by atoms with Gasteiger partial charge in [0.05, 0.1) is 20.1 Å². The van der Waals surface area contributed by atoms with Gasteiger partial charge in [-0.05, 0) is 17.7 Å². The number of carbonyl (C=O) groups is 2. The molecular formula is C19H28N2O3. The third kappa shape index (κ3) is 5.06. The molecule has 0 radical (unpaired) electrons. The monoisotopic (exact) mass is 332 g/mol. The van der Waals surface area contributed by atoms with Crippen LogP contribution in [-0.2, 0) is 16.0 Å². The number of carbonyl (C=O) groups excluding carboxylic acids is 2. The van der Waals surface area contributed by atoms with Gasteiger partial charge in [0.2, 0.25) is 5.91 Å². The maximum absolute atomic E-state index is 12.5. The number of rotatable bonds is 5. The molecule has 1 aromatic rings. The lowest BCUT2D eigenvalue weighted by Gasteiger charge is -2.35. The topological polar surface area (TPSA) is 49.9 Å². The van der Waals surface area contributed by atoms with Gasteiger partial charge in [-0.1, -0.05) is 32.9 Å². The number of piperazine rings is 1. The number of nitrogens with zero attached hydrogens (tertiary/aromatic N) is 2. The van der Waals surface area contributed by atoms with Gasteiger partial charge in [-0.15, -0.1) is 0 Å². The van der Waals surface area contributed by atoms with Crippen LogP contribution < -0.4 is 4.74 Å². The molecule has 1 fully saturated rings. The summed E-state index contributed by atoms with van der Waals surface area (Å²) in [5.74, 6) is 1.15. The summed E-state index contributed by atoms with van der Waals surface area (Å²) in [6.07, 6.45) is 0.387. The molecule has 0 atom stereocenters. The van der Waals surface area contributed by atoms with Gasteiger partial charge in [-0.25, -0.2) is 0 Å². The van der Waals surface area contributed by atoms with E-state index >= 15 is 0 Å². The standard InChI is InChI=1S/C19H28N2O3/c1-19(2,3)17(22)14-20-8-10-21(11-9-20)18(23)13-15-6-5-7-16(12-15)24-4/h5-7,12H,8-11,13-14H2,1-4H3. The van der Waals surface area contributed by atoms with Crippen molar-refractivity contribution in [3.05, 3.63) is 29.8 Å². The molecule has 1 saturated heterocycles. The molecule has 1 amide bonds. The van der Waals surface area contributed by atoms with Crippen LogP contribution in [0.4, 0.5) is 0 Å². The zero-order valence-electron chi connectivity index (χ0n) is 15.2. The summed E-state index contributed by atoms with van der Waals surface area (Å²) in [5.41, 5.74) is 0.656. The molecule has 1 aromatic carbocycles. The molecule has 5 heteroatoms. The minimum Gasteiger partial charge on any atom is -0.497 e. The third-order valence-corrected chi connectivity index (χ3v) is 4.42. The molecule has 1 aliphatic heterocycles. The number of methoxy groups -OCH3 is 1. The fourth-order valence-corrected chi connectivity index (χ4v) is 2.66. The second kappa shape index (κ2) is 7.79. The van der Waals surface area contributed by atoms with E-state index in [0.717, 1.165) is 24.4 Å². The average molecular weight is 332 g/mol. The van der Waals surface area contributed by atoms with Gasteiger partial charge < -0.3 is 9.64 Å². The largest absolute Gasteiger partial charge is 0.497 e. The first-order chi connectivity index (χ1) is 11.3. The van der Waals surface area contributed by atoms with Crippen LogP contribution in [0.1, 0.15) is 26.3 Å². The van der Waals surface area contributed by atoms with E-state index in [1.54, 1.807) is 7.11 Å². The van der Waals surface area contributed by atoms with E-state index in [-0.39, 0.29) is 17.1 Å². The van der Waals surface area contributed by atoms with E-state index in [2.05, 4.69) is 4.90 Å². The number of hydrogen-bond donors (Lipinski definition) is 0. The van der Waals surface area contributed by atoms with Crippen molar-refractivity contribution in [3.63, 3.8) is 0 Å². The van der Waals surface area contributed by atoms with Crippen LogP contribution in [0.15, 0.2) is 24.3 Å². The summed E-state index contributed by atoms with van der Waals surface area (Å²) in [7, 11) is 1.62. The second-order valence-electron chi connectivity index (χ2n) is 7.36. The molecule has 1 aliphatic rings. The lowest BCUT2D eigenvalue weighted by atomic mass is 9.90. The fourth-order valence-electron chi connectivity index (χ4n) is 2.66. The first-order valence-electron chi connectivity index (χ1n) is 8.46. The number of benzene rings is 1. The minimum absolute atomic E-state index is 0.130. The van der Waals surface area contributed by atoms with Crippen LogP contribution in [0, 0.1) is 5.41 Å². The van der Waals surface area contributed by atoms with E-state index in [4.69, 9.17) is 4.74 Å². The van der Waals surface area contributed by atoms with Crippen molar-refractivity contribution in [2.24, 2.45) is 5.41 Å². The van der Waals surface area contributed by atoms with E-state index in [0.29, 0.717) is 26.1 Å². The number of Topliss-reactive ketones (excluding diaryl/α,β-unsaturated/α-hetero) is 1. The predicted octanol–water partition coefficient (Wildman–Crippen LogP) is 2.00. The molecule has 5 nitrogen and oxygen atoms in total. The van der Waals surface area contributed by atoms with Gasteiger partial charge in [0, 0.05) is 31.6 Å². The Morgan fingerprint density at radius 1 is 1.12 bits per heavy atom. The van der Waals surface area contributed by atoms with Crippen LogP contribution in [0.5, 0.6) is 5.75 Å². The van der Waals surface area contributed by atoms with E-state index in [9.17, 15) is 9.59 Å². The molecule has 0 bridgehead atoms. The number of ether oxygens (including phenoxy) is 1. The quantitative estimate of drug-likeness (QED) is 0.827. The Morgan fingerprint density at radius 3 is 2.38 bits per heavy atom. The van der Waals surface area contributed by atoms with Crippen LogP contribution >= 0.6 is 0 Å². The Labute approximate surface area is 144 Å². The van der Waals surface area contributed by atoms with Crippen molar-refractivity contribution in [2.75, 3.05) is 39.8 Å². The Morgan fingerprint density at radius 2 is 1.79 bits per heavy atom. The van der Waals surface area contributed by atoms with Crippen LogP contribution in [0.2, 0.25) is 0 Å². The Balaban J connectivity index is 1.83. The predicted molar refractivity (Wildman–Crippen MR) is 94.2 cm³/mol. The molecular weight excluding hydrogens is 304 g/mol. The van der Waals surface area contributed by atoms with Gasteiger partial charge >= 0.3 is 0 Å². The number of amides is 1. The molecule has 0 spiro atoms. The van der Waals surface area contributed by atoms with Crippen LogP contribution in [0.25, 0.3) is 0 Å². The van der Waals surface area contributed by atoms with E-state index in [1.807, 2.05) is 49.9 Å². The zero-order chi connectivity index (χ0) is 17.7. The summed E-state index contributed by atoms with van der Waals surface area (Å²) < 4.78 is 5.20. The summed E-state index contributed by atoms with van der Waals surface area (Å²) in [6.45, 7) is 9.19. The Bertz CT molecular complexity index is 585. The van der Waals surface area contributed by atoms with Crippen molar-refractivity contribution in [3.8, 4) is 5.75 Å². The molecule has 0 aromatic heterocycles. The summed E-state index contributed by atoms with van der Waals surface area (Å²) >= 11 is 0. The molecule has 132 valence electrons. The van der Waals surface area contributed by atoms with Crippen LogP contribution in [0.3, 0.4) is 0 Å². The lowest BCUT2D eigenvalue weighted by molar-refractivity contribution is -0.133. The zero-order valence-corrected chi connectivity index (χ0v) is 15.2. The Hall–Kier alpha value is -1.88. The second-order valence-corrected chi connectivity index (χ2v) is 7.36. The highest BCUT2D eigenvalue weighted by Crippen LogP contribution is 2.17. The lowest BCUT2D eigenvalue weighted by Crippen LogP contribution is -2.51. The highest BCUT2D eigenvalue weighted by Gasteiger charge is 2.26. The van der Waals surface area contributed by atoms with E-state index in [1.165, 1.54) is 0 Å². The molecule has 0 aliphatic carbocycles. The average Bonchev–Trinajstić information content (AvgIpc) is 2.54. The molecule has 0 saturated carbocycles. The van der Waals surface area contributed by atoms with Gasteiger partial charge in [-0.2, -0.15) is 0 Å². The smallest absolute Gasteiger partial charge is 0.227 e. The Kier molecular flexibility index (Phi) is 5.99. The number of hydrogen-bond acceptors (Lipinski definition) is 4. The van der Waals surface area contributed by atoms with Gasteiger partial charge in [0.15, 0.2) is 5.78 Å². The van der Waals surface area contributed by atoms with Crippen LogP contribution in [-0.4, -0.2) is 61.3 Å². The van der Waals surface area contributed by atoms with Crippen molar-refractivity contribution in [2.45, 2.75) is 27.2 Å². The van der Waals surface area contributed by atoms with Crippen molar-refractivity contribution in [1.29, 1.82) is 0 Å². The van der Waals surface area contributed by atoms with Crippen molar-refractivity contribution in [1.82, 2.24) is 9.80 Å². The third-order valence-electron chi connectivity index (χ3n) is 4.42. The molecule has 2 rings (SSSR count). The first-order valence-corrected chi connectivity index (χ1v) is 8.46. The summed E-state index contributed by atoms with van der Waals surface area (Å²) in [6, 6.07) is 7.62. The highest BCUT2D eigenvalue weighted by molar-refractivity contribution is 5.85. The van der Waals surface area contributed by atoms with Gasteiger partial charge in [-0.3, -0.25) is 14.5 Å². The fraction of sp³-hybridized carbons (Fsp3) is 0.579. The minimum atomic E-state index is -0.306. The normalized spacial score (nSPS) is 16.1.